The first-order valence-corrected chi connectivity index (χ1v) is 9.79. The van der Waals surface area contributed by atoms with Gasteiger partial charge in [-0.05, 0) is 48.5 Å². The summed E-state index contributed by atoms with van der Waals surface area (Å²) in [5, 5.41) is 0.811. The molecule has 4 aromatic rings. The zero-order valence-corrected chi connectivity index (χ0v) is 16.2. The minimum absolute atomic E-state index is 0.000554. The fourth-order valence-electron chi connectivity index (χ4n) is 2.98. The number of benzene rings is 3. The number of para-hydroxylation sites is 1. The van der Waals surface area contributed by atoms with Crippen LogP contribution in [0.25, 0.3) is 16.6 Å². The number of rotatable bonds is 5. The third kappa shape index (κ3) is 3.73. The molecule has 0 aliphatic carbocycles. The van der Waals surface area contributed by atoms with E-state index >= 15 is 0 Å². The normalized spacial score (nSPS) is 11.0. The average molecular weight is 410 g/mol. The number of aromatic nitrogens is 2. The van der Waals surface area contributed by atoms with E-state index in [4.69, 9.17) is 4.74 Å². The van der Waals surface area contributed by atoms with Gasteiger partial charge in [0.1, 0.15) is 17.4 Å². The molecule has 0 N–H and O–H groups in total. The maximum atomic E-state index is 14.0. The minimum Gasteiger partial charge on any atom is -0.497 e. The summed E-state index contributed by atoms with van der Waals surface area (Å²) in [6.07, 6.45) is 0. The average Bonchev–Trinajstić information content (AvgIpc) is 2.74. The van der Waals surface area contributed by atoms with E-state index in [0.29, 0.717) is 27.5 Å². The lowest BCUT2D eigenvalue weighted by Crippen LogP contribution is -2.21. The van der Waals surface area contributed by atoms with E-state index < -0.39 is 11.6 Å². The van der Waals surface area contributed by atoms with Crippen LogP contribution in [0.4, 0.5) is 8.78 Å². The van der Waals surface area contributed by atoms with Crippen molar-refractivity contribution in [2.75, 3.05) is 7.11 Å². The molecule has 0 bridgehead atoms. The summed E-state index contributed by atoms with van der Waals surface area (Å²) in [6, 6.07) is 17.7. The lowest BCUT2D eigenvalue weighted by atomic mass is 10.2. The molecule has 0 spiro atoms. The van der Waals surface area contributed by atoms with E-state index in [-0.39, 0.29) is 16.9 Å². The van der Waals surface area contributed by atoms with Crippen LogP contribution >= 0.6 is 11.8 Å². The van der Waals surface area contributed by atoms with Crippen LogP contribution in [0.1, 0.15) is 5.56 Å². The van der Waals surface area contributed by atoms with Crippen LogP contribution in [0.2, 0.25) is 0 Å². The third-order valence-electron chi connectivity index (χ3n) is 4.48. The fraction of sp³-hybridized carbons (Fsp3) is 0.0909. The van der Waals surface area contributed by atoms with Crippen LogP contribution in [0.15, 0.2) is 76.7 Å². The van der Waals surface area contributed by atoms with Gasteiger partial charge in [-0.25, -0.2) is 13.8 Å². The van der Waals surface area contributed by atoms with Crippen molar-refractivity contribution >= 4 is 22.7 Å². The van der Waals surface area contributed by atoms with E-state index in [2.05, 4.69) is 4.98 Å². The van der Waals surface area contributed by atoms with E-state index in [1.807, 2.05) is 0 Å². The molecule has 146 valence electrons. The second-order valence-corrected chi connectivity index (χ2v) is 7.18. The van der Waals surface area contributed by atoms with Crippen molar-refractivity contribution in [2.45, 2.75) is 10.9 Å². The monoisotopic (exact) mass is 410 g/mol. The van der Waals surface area contributed by atoms with Crippen molar-refractivity contribution in [2.24, 2.45) is 0 Å². The molecule has 1 aromatic heterocycles. The van der Waals surface area contributed by atoms with Crippen molar-refractivity contribution in [3.05, 3.63) is 94.3 Å². The molecule has 29 heavy (non-hydrogen) atoms. The first kappa shape index (κ1) is 19.1. The Kier molecular flexibility index (Phi) is 5.31. The Balaban J connectivity index is 1.84. The van der Waals surface area contributed by atoms with Crippen LogP contribution in [-0.2, 0) is 5.75 Å². The lowest BCUT2D eigenvalue weighted by molar-refractivity contribution is 0.414. The highest BCUT2D eigenvalue weighted by molar-refractivity contribution is 7.98. The molecule has 3 aromatic carbocycles. The largest absolute Gasteiger partial charge is 0.497 e. The predicted molar refractivity (Wildman–Crippen MR) is 110 cm³/mol. The van der Waals surface area contributed by atoms with Crippen molar-refractivity contribution in [3.63, 3.8) is 0 Å². The van der Waals surface area contributed by atoms with Crippen LogP contribution in [-0.4, -0.2) is 16.7 Å². The highest BCUT2D eigenvalue weighted by Gasteiger charge is 2.16. The molecule has 4 rings (SSSR count). The summed E-state index contributed by atoms with van der Waals surface area (Å²) in [5.41, 5.74) is 0.808. The van der Waals surface area contributed by atoms with Crippen molar-refractivity contribution in [3.8, 4) is 11.4 Å². The van der Waals surface area contributed by atoms with Crippen LogP contribution in [0.5, 0.6) is 5.75 Å². The van der Waals surface area contributed by atoms with Crippen molar-refractivity contribution in [1.29, 1.82) is 0 Å². The smallest absolute Gasteiger partial charge is 0.266 e. The first-order chi connectivity index (χ1) is 14.1. The summed E-state index contributed by atoms with van der Waals surface area (Å²) in [6.45, 7) is 0. The molecule has 1 heterocycles. The molecule has 0 atom stereocenters. The van der Waals surface area contributed by atoms with E-state index in [1.54, 1.807) is 55.6 Å². The SMILES string of the molecule is COc1ccc(-n2c(SCc3c(F)cccc3F)nc3ccccc3c2=O)cc1. The zero-order chi connectivity index (χ0) is 20.4. The van der Waals surface area contributed by atoms with Crippen LogP contribution in [0.3, 0.4) is 0 Å². The summed E-state index contributed by atoms with van der Waals surface area (Å²) < 4.78 is 34.7. The number of halogens is 2. The summed E-state index contributed by atoms with van der Waals surface area (Å²) >= 11 is 1.10. The molecule has 0 fully saturated rings. The number of hydrogen-bond acceptors (Lipinski definition) is 4. The standard InChI is InChI=1S/C22H16F2N2O2S/c1-28-15-11-9-14(10-12-15)26-21(27)16-5-2-3-8-20(16)25-22(26)29-13-17-18(23)6-4-7-19(17)24/h2-12H,13H2,1H3. The van der Waals surface area contributed by atoms with Gasteiger partial charge in [-0.1, -0.05) is 30.0 Å². The number of ether oxygens (including phenoxy) is 1. The zero-order valence-electron chi connectivity index (χ0n) is 15.4. The van der Waals surface area contributed by atoms with Gasteiger partial charge in [-0.3, -0.25) is 9.36 Å². The summed E-state index contributed by atoms with van der Waals surface area (Å²) in [7, 11) is 1.56. The number of fused-ring (bicyclic) bond motifs is 1. The molecular formula is C22H16F2N2O2S. The van der Waals surface area contributed by atoms with E-state index in [0.717, 1.165) is 11.8 Å². The van der Waals surface area contributed by atoms with Gasteiger partial charge in [0.2, 0.25) is 0 Å². The van der Waals surface area contributed by atoms with Crippen LogP contribution in [0, 0.1) is 11.6 Å². The molecule has 0 unspecified atom stereocenters. The predicted octanol–water partition coefficient (Wildman–Crippen LogP) is 4.96. The maximum absolute atomic E-state index is 14.0. The molecule has 0 radical (unpaired) electrons. The van der Waals surface area contributed by atoms with Gasteiger partial charge in [0.15, 0.2) is 5.16 Å². The number of thioether (sulfide) groups is 1. The summed E-state index contributed by atoms with van der Waals surface area (Å²) in [4.78, 5) is 17.8. The molecule has 0 aliphatic rings. The second-order valence-electron chi connectivity index (χ2n) is 6.24. The topological polar surface area (TPSA) is 44.1 Å². The first-order valence-electron chi connectivity index (χ1n) is 8.80. The van der Waals surface area contributed by atoms with Crippen LogP contribution < -0.4 is 10.3 Å². The van der Waals surface area contributed by atoms with Crippen molar-refractivity contribution < 1.29 is 13.5 Å². The van der Waals surface area contributed by atoms with Gasteiger partial charge < -0.3 is 4.74 Å². The fourth-order valence-corrected chi connectivity index (χ4v) is 4.00. The third-order valence-corrected chi connectivity index (χ3v) is 5.45. The Hall–Kier alpha value is -3.19. The molecule has 7 heteroatoms. The summed E-state index contributed by atoms with van der Waals surface area (Å²) in [5.74, 6) is -0.606. The number of hydrogen-bond donors (Lipinski definition) is 0. The quantitative estimate of drug-likeness (QED) is 0.344. The van der Waals surface area contributed by atoms with Gasteiger partial charge in [-0.2, -0.15) is 0 Å². The van der Waals surface area contributed by atoms with E-state index in [9.17, 15) is 13.6 Å². The Bertz CT molecular complexity index is 1220. The minimum atomic E-state index is -0.628. The van der Waals surface area contributed by atoms with Gasteiger partial charge in [0.05, 0.1) is 23.7 Å². The number of methoxy groups -OCH3 is 1. The van der Waals surface area contributed by atoms with Gasteiger partial charge in [-0.15, -0.1) is 0 Å². The number of nitrogens with zero attached hydrogens (tertiary/aromatic N) is 2. The maximum Gasteiger partial charge on any atom is 0.266 e. The van der Waals surface area contributed by atoms with Gasteiger partial charge in [0, 0.05) is 11.3 Å². The highest BCUT2D eigenvalue weighted by atomic mass is 32.2. The Morgan fingerprint density at radius 2 is 1.66 bits per heavy atom. The Morgan fingerprint density at radius 1 is 0.966 bits per heavy atom. The molecule has 0 amide bonds. The van der Waals surface area contributed by atoms with Gasteiger partial charge >= 0.3 is 0 Å². The molecular weight excluding hydrogens is 394 g/mol. The Labute approximate surface area is 169 Å². The molecule has 4 nitrogen and oxygen atoms in total. The Morgan fingerprint density at radius 3 is 2.34 bits per heavy atom. The molecule has 0 saturated heterocycles. The second kappa shape index (κ2) is 8.05. The lowest BCUT2D eigenvalue weighted by Gasteiger charge is -2.14. The van der Waals surface area contributed by atoms with Crippen molar-refractivity contribution in [1.82, 2.24) is 9.55 Å². The molecule has 0 saturated carbocycles. The van der Waals surface area contributed by atoms with E-state index in [1.165, 1.54) is 22.8 Å². The highest BCUT2D eigenvalue weighted by Crippen LogP contribution is 2.27. The van der Waals surface area contributed by atoms with Gasteiger partial charge in [0.25, 0.3) is 5.56 Å². The molecule has 0 aliphatic heterocycles.